The molecule has 3 rings (SSSR count). The molecule has 0 heterocycles. The molecule has 2 aromatic carbocycles. The van der Waals surface area contributed by atoms with E-state index in [0.29, 0.717) is 19.3 Å². The van der Waals surface area contributed by atoms with Crippen LogP contribution in [-0.4, -0.2) is 6.11 Å². The van der Waals surface area contributed by atoms with Gasteiger partial charge in [-0.2, -0.15) is 22.0 Å². The van der Waals surface area contributed by atoms with Crippen LogP contribution in [0.5, 0.6) is 5.75 Å². The Hall–Kier alpha value is -2.91. The summed E-state index contributed by atoms with van der Waals surface area (Å²) >= 11 is 0. The maximum absolute atomic E-state index is 14.7. The summed E-state index contributed by atoms with van der Waals surface area (Å²) in [5.41, 5.74) is -1.38. The number of alkyl halides is 5. The van der Waals surface area contributed by atoms with E-state index < -0.39 is 52.8 Å². The lowest BCUT2D eigenvalue weighted by molar-refractivity contribution is -0.222. The van der Waals surface area contributed by atoms with Gasteiger partial charge in [0, 0.05) is 17.7 Å². The first kappa shape index (κ1) is 27.7. The topological polar surface area (TPSA) is 9.23 Å². The molecule has 1 nitrogen and oxygen atoms in total. The fourth-order valence-electron chi connectivity index (χ4n) is 4.22. The number of rotatable bonds is 7. The molecule has 1 aliphatic rings. The molecular weight excluding hydrogens is 499 g/mol. The van der Waals surface area contributed by atoms with E-state index in [-0.39, 0.29) is 36.5 Å². The van der Waals surface area contributed by atoms with Crippen molar-refractivity contribution in [2.45, 2.75) is 57.2 Å². The molecule has 10 heteroatoms. The van der Waals surface area contributed by atoms with Gasteiger partial charge in [-0.05, 0) is 49.7 Å². The van der Waals surface area contributed by atoms with E-state index in [1.807, 2.05) is 0 Å². The second-order valence-electron chi connectivity index (χ2n) is 8.57. The van der Waals surface area contributed by atoms with E-state index in [9.17, 15) is 39.5 Å². The molecule has 0 spiro atoms. The van der Waals surface area contributed by atoms with Crippen LogP contribution in [0.25, 0.3) is 5.83 Å². The molecule has 0 saturated heterocycles. The molecule has 0 aromatic heterocycles. The highest BCUT2D eigenvalue weighted by molar-refractivity contribution is 5.63. The molecule has 0 radical (unpaired) electrons. The summed E-state index contributed by atoms with van der Waals surface area (Å²) < 4.78 is 127. The van der Waals surface area contributed by atoms with Crippen molar-refractivity contribution >= 4 is 5.83 Å². The fraction of sp³-hybridized carbons (Fsp3) is 0.385. The largest absolute Gasteiger partial charge is 0.432 e. The molecule has 1 fully saturated rings. The van der Waals surface area contributed by atoms with E-state index >= 15 is 0 Å². The number of ether oxygens (including phenoxy) is 1. The van der Waals surface area contributed by atoms with Gasteiger partial charge in [0.05, 0.1) is 5.92 Å². The minimum absolute atomic E-state index is 0.0320. The van der Waals surface area contributed by atoms with Crippen LogP contribution in [0.3, 0.4) is 0 Å². The first-order valence-corrected chi connectivity index (χ1v) is 11.3. The zero-order valence-electron chi connectivity index (χ0n) is 19.1. The normalized spacial score (nSPS) is 19.9. The third-order valence-corrected chi connectivity index (χ3v) is 6.10. The molecule has 0 unspecified atom stereocenters. The van der Waals surface area contributed by atoms with Crippen molar-refractivity contribution in [3.8, 4) is 5.75 Å². The molecule has 0 aliphatic heterocycles. The van der Waals surface area contributed by atoms with Crippen molar-refractivity contribution in [1.29, 1.82) is 0 Å². The first-order valence-electron chi connectivity index (χ1n) is 11.3. The number of hydrogen-bond donors (Lipinski definition) is 0. The summed E-state index contributed by atoms with van der Waals surface area (Å²) in [6.45, 7) is 1.78. The van der Waals surface area contributed by atoms with Gasteiger partial charge in [0.2, 0.25) is 0 Å². The summed E-state index contributed by atoms with van der Waals surface area (Å²) in [7, 11) is 0. The average molecular weight is 522 g/mol. The Kier molecular flexibility index (Phi) is 8.46. The number of hydrogen-bond acceptors (Lipinski definition) is 1. The van der Waals surface area contributed by atoms with Gasteiger partial charge in [0.15, 0.2) is 11.7 Å². The smallest absolute Gasteiger partial charge is 0.422 e. The van der Waals surface area contributed by atoms with E-state index in [4.69, 9.17) is 0 Å². The van der Waals surface area contributed by atoms with E-state index in [1.165, 1.54) is 18.2 Å². The second kappa shape index (κ2) is 11.0. The minimum atomic E-state index is -5.33. The van der Waals surface area contributed by atoms with Gasteiger partial charge in [0.1, 0.15) is 22.9 Å². The lowest BCUT2D eigenvalue weighted by Crippen LogP contribution is -2.37. The monoisotopic (exact) mass is 522 g/mol. The van der Waals surface area contributed by atoms with Gasteiger partial charge in [0.25, 0.3) is 0 Å². The molecule has 196 valence electrons. The van der Waals surface area contributed by atoms with Crippen molar-refractivity contribution in [1.82, 2.24) is 0 Å². The summed E-state index contributed by atoms with van der Waals surface area (Å²) in [6.07, 6.45) is -5.60. The number of halogens is 9. The summed E-state index contributed by atoms with van der Waals surface area (Å²) in [4.78, 5) is 0. The second-order valence-corrected chi connectivity index (χ2v) is 8.57. The molecule has 0 bridgehead atoms. The van der Waals surface area contributed by atoms with Gasteiger partial charge in [-0.15, -0.1) is 0 Å². The van der Waals surface area contributed by atoms with Crippen LogP contribution in [-0.2, 0) is 6.18 Å². The first-order chi connectivity index (χ1) is 16.8. The van der Waals surface area contributed by atoms with Crippen LogP contribution < -0.4 is 4.74 Å². The van der Waals surface area contributed by atoms with Crippen LogP contribution in [0.15, 0.2) is 54.4 Å². The van der Waals surface area contributed by atoms with Crippen LogP contribution >= 0.6 is 0 Å². The van der Waals surface area contributed by atoms with Crippen molar-refractivity contribution in [2.75, 3.05) is 0 Å². The molecule has 0 amide bonds. The van der Waals surface area contributed by atoms with Gasteiger partial charge >= 0.3 is 12.3 Å². The fourth-order valence-corrected chi connectivity index (χ4v) is 4.22. The zero-order valence-corrected chi connectivity index (χ0v) is 19.1. The Bertz CT molecular complexity index is 1090. The Balaban J connectivity index is 1.65. The zero-order chi connectivity index (χ0) is 26.7. The quantitative estimate of drug-likeness (QED) is 0.260. The molecule has 1 aliphatic carbocycles. The van der Waals surface area contributed by atoms with E-state index in [0.717, 1.165) is 11.6 Å². The molecule has 2 aromatic rings. The van der Waals surface area contributed by atoms with Crippen LogP contribution in [0.2, 0.25) is 0 Å². The van der Waals surface area contributed by atoms with Crippen LogP contribution in [0, 0.1) is 17.6 Å². The molecule has 36 heavy (non-hydrogen) atoms. The Labute approximate surface area is 202 Å². The van der Waals surface area contributed by atoms with Gasteiger partial charge in [-0.25, -0.2) is 17.6 Å². The maximum atomic E-state index is 14.7. The van der Waals surface area contributed by atoms with Crippen LogP contribution in [0.1, 0.15) is 61.6 Å². The Morgan fingerprint density at radius 3 is 1.97 bits per heavy atom. The van der Waals surface area contributed by atoms with Gasteiger partial charge < -0.3 is 4.74 Å². The maximum Gasteiger partial charge on any atom is 0.422 e. The molecule has 0 atom stereocenters. The summed E-state index contributed by atoms with van der Waals surface area (Å²) in [6, 6.07) is 6.17. The summed E-state index contributed by atoms with van der Waals surface area (Å²) in [5.74, 6) is -8.62. The third-order valence-electron chi connectivity index (χ3n) is 6.10. The third kappa shape index (κ3) is 6.44. The predicted molar refractivity (Wildman–Crippen MR) is 117 cm³/mol. The van der Waals surface area contributed by atoms with E-state index in [2.05, 4.69) is 4.74 Å². The lowest BCUT2D eigenvalue weighted by Gasteiger charge is -2.33. The minimum Gasteiger partial charge on any atom is -0.432 e. The Morgan fingerprint density at radius 1 is 0.917 bits per heavy atom. The summed E-state index contributed by atoms with van der Waals surface area (Å²) in [5, 5.41) is 0. The molecule has 1 saturated carbocycles. The van der Waals surface area contributed by atoms with Crippen molar-refractivity contribution < 1.29 is 44.3 Å². The molecule has 0 N–H and O–H groups in total. The highest BCUT2D eigenvalue weighted by Crippen LogP contribution is 2.44. The van der Waals surface area contributed by atoms with E-state index in [1.54, 1.807) is 19.1 Å². The molecular formula is C26H23F9O. The SMILES string of the molecule is CC/C=C/C(F)=C(\F)c1ccc(C2CCC(C(F)(F)Oc3cc(F)c(C(F)(F)F)c(F)c3)CC2)cc1. The van der Waals surface area contributed by atoms with Crippen molar-refractivity contribution in [2.24, 2.45) is 5.92 Å². The van der Waals surface area contributed by atoms with Gasteiger partial charge in [-0.1, -0.05) is 37.3 Å². The highest BCUT2D eigenvalue weighted by atomic mass is 19.4. The Morgan fingerprint density at radius 2 is 1.47 bits per heavy atom. The van der Waals surface area contributed by atoms with Crippen molar-refractivity contribution in [3.63, 3.8) is 0 Å². The van der Waals surface area contributed by atoms with Crippen LogP contribution in [0.4, 0.5) is 39.5 Å². The highest BCUT2D eigenvalue weighted by Gasteiger charge is 2.45. The predicted octanol–water partition coefficient (Wildman–Crippen LogP) is 9.50. The number of benzene rings is 2. The standard InChI is InChI=1S/C26H23F9O/c1-2-3-4-20(27)24(30)17-7-5-15(6-8-17)16-9-11-18(12-10-16)26(34,35)36-19-13-21(28)23(22(29)14-19)25(31,32)33/h3-8,13-14,16,18H,2,9-12H2,1H3/b4-3+,24-20+. The van der Waals surface area contributed by atoms with Crippen molar-refractivity contribution in [3.05, 3.63) is 82.7 Å². The number of allylic oxidation sites excluding steroid dienone is 3. The lowest BCUT2D eigenvalue weighted by atomic mass is 9.78. The average Bonchev–Trinajstić information content (AvgIpc) is 2.80. The van der Waals surface area contributed by atoms with Gasteiger partial charge in [-0.3, -0.25) is 0 Å².